The van der Waals surface area contributed by atoms with Crippen LogP contribution in [0, 0.1) is 0 Å². The zero-order valence-electron chi connectivity index (χ0n) is 5.55. The molecule has 0 aliphatic carbocycles. The van der Waals surface area contributed by atoms with Gasteiger partial charge >= 0.3 is 0 Å². The summed E-state index contributed by atoms with van der Waals surface area (Å²) in [6.07, 6.45) is 0. The van der Waals surface area contributed by atoms with Gasteiger partial charge in [0, 0.05) is 14.1 Å². The molecule has 0 saturated heterocycles. The highest BCUT2D eigenvalue weighted by Crippen LogP contribution is 1.89. The monoisotopic (exact) mass is 113 g/mol. The van der Waals surface area contributed by atoms with E-state index in [4.69, 9.17) is 0 Å². The molecule has 0 heterocycles. The fourth-order valence-corrected chi connectivity index (χ4v) is 0.166. The van der Waals surface area contributed by atoms with Gasteiger partial charge in [0.25, 0.3) is 0 Å². The summed E-state index contributed by atoms with van der Waals surface area (Å²) >= 11 is 0. The standard InChI is InChI=1S/C5H11N3/c1-5(2)6-7-8(3)4/h1H2,2-4H3/b7-6-. The van der Waals surface area contributed by atoms with Gasteiger partial charge in [-0.1, -0.05) is 11.8 Å². The molecule has 0 spiro atoms. The van der Waals surface area contributed by atoms with Crippen molar-refractivity contribution in [1.82, 2.24) is 5.01 Å². The van der Waals surface area contributed by atoms with E-state index in [-0.39, 0.29) is 0 Å². The van der Waals surface area contributed by atoms with Crippen LogP contribution in [0.2, 0.25) is 0 Å². The van der Waals surface area contributed by atoms with E-state index in [1.165, 1.54) is 0 Å². The van der Waals surface area contributed by atoms with Crippen molar-refractivity contribution in [3.05, 3.63) is 12.3 Å². The van der Waals surface area contributed by atoms with Crippen LogP contribution in [0.5, 0.6) is 0 Å². The summed E-state index contributed by atoms with van der Waals surface area (Å²) in [5, 5.41) is 8.98. The number of allylic oxidation sites excluding steroid dienone is 1. The molecule has 0 unspecified atom stereocenters. The van der Waals surface area contributed by atoms with E-state index >= 15 is 0 Å². The number of nitrogens with zero attached hydrogens (tertiary/aromatic N) is 3. The molecule has 46 valence electrons. The molecule has 3 nitrogen and oxygen atoms in total. The Morgan fingerprint density at radius 1 is 1.50 bits per heavy atom. The average Bonchev–Trinajstić information content (AvgIpc) is 1.61. The first kappa shape index (κ1) is 7.14. The largest absolute Gasteiger partial charge is 0.285 e. The van der Waals surface area contributed by atoms with Crippen LogP contribution in [0.25, 0.3) is 0 Å². The average molecular weight is 113 g/mol. The Morgan fingerprint density at radius 2 is 2.00 bits per heavy atom. The molecular weight excluding hydrogens is 102 g/mol. The first-order valence-electron chi connectivity index (χ1n) is 2.37. The van der Waals surface area contributed by atoms with Gasteiger partial charge in [-0.05, 0) is 6.92 Å². The molecule has 0 saturated carbocycles. The van der Waals surface area contributed by atoms with Crippen LogP contribution < -0.4 is 0 Å². The molecule has 3 heteroatoms. The van der Waals surface area contributed by atoms with Crippen LogP contribution in [0.1, 0.15) is 6.92 Å². The number of hydrogen-bond donors (Lipinski definition) is 0. The van der Waals surface area contributed by atoms with Crippen molar-refractivity contribution in [2.75, 3.05) is 14.1 Å². The molecule has 0 fully saturated rings. The molecule has 0 aromatic rings. The molecule has 0 N–H and O–H groups in total. The Hall–Kier alpha value is -0.860. The summed E-state index contributed by atoms with van der Waals surface area (Å²) < 4.78 is 0. The van der Waals surface area contributed by atoms with Crippen LogP contribution in [-0.4, -0.2) is 19.1 Å². The summed E-state index contributed by atoms with van der Waals surface area (Å²) in [7, 11) is 3.62. The molecule has 0 aliphatic rings. The van der Waals surface area contributed by atoms with Crippen molar-refractivity contribution in [2.45, 2.75) is 6.92 Å². The summed E-state index contributed by atoms with van der Waals surface area (Å²) in [4.78, 5) is 0. The van der Waals surface area contributed by atoms with E-state index < -0.39 is 0 Å². The molecule has 0 radical (unpaired) electrons. The SMILES string of the molecule is C=C(C)/N=N\N(C)C. The predicted molar refractivity (Wildman–Crippen MR) is 33.4 cm³/mol. The fraction of sp³-hybridized carbons (Fsp3) is 0.600. The normalized spacial score (nSPS) is 9.88. The molecule has 0 aromatic carbocycles. The lowest BCUT2D eigenvalue weighted by molar-refractivity contribution is 0.405. The van der Waals surface area contributed by atoms with Gasteiger partial charge in [-0.15, -0.1) is 5.11 Å². The maximum atomic E-state index is 3.68. The highest BCUT2D eigenvalue weighted by atomic mass is 15.5. The summed E-state index contributed by atoms with van der Waals surface area (Å²) in [5.74, 6) is 0. The first-order chi connectivity index (χ1) is 3.63. The maximum Gasteiger partial charge on any atom is 0.0545 e. The van der Waals surface area contributed by atoms with Crippen LogP contribution in [-0.2, 0) is 0 Å². The minimum Gasteiger partial charge on any atom is -0.285 e. The highest BCUT2D eigenvalue weighted by molar-refractivity contribution is 4.81. The minimum atomic E-state index is 0.721. The molecule has 0 atom stereocenters. The predicted octanol–water partition coefficient (Wildman–Crippen LogP) is 1.45. The second kappa shape index (κ2) is 3.18. The van der Waals surface area contributed by atoms with Crippen LogP contribution in [0.3, 0.4) is 0 Å². The van der Waals surface area contributed by atoms with Crippen LogP contribution in [0.4, 0.5) is 0 Å². The molecular formula is C5H11N3. The van der Waals surface area contributed by atoms with Crippen LogP contribution >= 0.6 is 0 Å². The van der Waals surface area contributed by atoms with Gasteiger partial charge in [0.05, 0.1) is 5.70 Å². The van der Waals surface area contributed by atoms with Gasteiger partial charge < -0.3 is 0 Å². The van der Waals surface area contributed by atoms with E-state index in [0.29, 0.717) is 0 Å². The van der Waals surface area contributed by atoms with Gasteiger partial charge in [0.2, 0.25) is 0 Å². The zero-order valence-corrected chi connectivity index (χ0v) is 5.55. The summed E-state index contributed by atoms with van der Waals surface area (Å²) in [5.41, 5.74) is 0.721. The third-order valence-electron chi connectivity index (χ3n) is 0.394. The van der Waals surface area contributed by atoms with Crippen molar-refractivity contribution >= 4 is 0 Å². The molecule has 8 heavy (non-hydrogen) atoms. The fourth-order valence-electron chi connectivity index (χ4n) is 0.166. The molecule has 0 rings (SSSR count). The van der Waals surface area contributed by atoms with Gasteiger partial charge in [-0.3, -0.25) is 5.01 Å². The van der Waals surface area contributed by atoms with Crippen molar-refractivity contribution in [1.29, 1.82) is 0 Å². The molecule has 0 amide bonds. The maximum absolute atomic E-state index is 3.68. The van der Waals surface area contributed by atoms with Crippen molar-refractivity contribution in [3.8, 4) is 0 Å². The Kier molecular flexibility index (Phi) is 2.84. The third kappa shape index (κ3) is 5.14. The zero-order chi connectivity index (χ0) is 6.57. The summed E-state index contributed by atoms with van der Waals surface area (Å²) in [6.45, 7) is 5.34. The summed E-state index contributed by atoms with van der Waals surface area (Å²) in [6, 6.07) is 0. The van der Waals surface area contributed by atoms with Gasteiger partial charge in [-0.2, -0.15) is 0 Å². The van der Waals surface area contributed by atoms with E-state index in [9.17, 15) is 0 Å². The lowest BCUT2D eigenvalue weighted by Gasteiger charge is -1.98. The number of rotatable bonds is 2. The van der Waals surface area contributed by atoms with Crippen molar-refractivity contribution < 1.29 is 0 Å². The van der Waals surface area contributed by atoms with E-state index in [0.717, 1.165) is 5.70 Å². The molecule has 0 aliphatic heterocycles. The Balaban J connectivity index is 3.50. The van der Waals surface area contributed by atoms with Gasteiger partial charge in [0.15, 0.2) is 0 Å². The first-order valence-corrected chi connectivity index (χ1v) is 2.37. The second-order valence-electron chi connectivity index (χ2n) is 1.77. The van der Waals surface area contributed by atoms with Crippen molar-refractivity contribution in [2.24, 2.45) is 10.3 Å². The number of hydrogen-bond acceptors (Lipinski definition) is 2. The lowest BCUT2D eigenvalue weighted by atomic mass is 10.6. The van der Waals surface area contributed by atoms with Gasteiger partial charge in [0.1, 0.15) is 0 Å². The quantitative estimate of drug-likeness (QED) is 0.393. The van der Waals surface area contributed by atoms with E-state index in [1.807, 2.05) is 14.1 Å². The van der Waals surface area contributed by atoms with E-state index in [2.05, 4.69) is 16.9 Å². The Bertz CT molecular complexity index is 104. The van der Waals surface area contributed by atoms with Gasteiger partial charge in [-0.25, -0.2) is 0 Å². The third-order valence-corrected chi connectivity index (χ3v) is 0.394. The Morgan fingerprint density at radius 3 is 2.12 bits per heavy atom. The minimum absolute atomic E-state index is 0.721. The highest BCUT2D eigenvalue weighted by Gasteiger charge is 1.76. The second-order valence-corrected chi connectivity index (χ2v) is 1.77. The molecule has 0 aromatic heterocycles. The van der Waals surface area contributed by atoms with Crippen molar-refractivity contribution in [3.63, 3.8) is 0 Å². The molecule has 0 bridgehead atoms. The van der Waals surface area contributed by atoms with E-state index in [1.54, 1.807) is 11.9 Å². The smallest absolute Gasteiger partial charge is 0.0545 e. The Labute approximate surface area is 49.7 Å². The topological polar surface area (TPSA) is 28.0 Å². The lowest BCUT2D eigenvalue weighted by Crippen LogP contribution is -1.99. The van der Waals surface area contributed by atoms with Crippen LogP contribution in [0.15, 0.2) is 22.6 Å².